The molecule has 0 aromatic heterocycles. The lowest BCUT2D eigenvalue weighted by Crippen LogP contribution is -2.37. The monoisotopic (exact) mass is 440 g/mol. The van der Waals surface area contributed by atoms with Gasteiger partial charge in [-0.15, -0.1) is 0 Å². The van der Waals surface area contributed by atoms with Crippen molar-refractivity contribution in [2.45, 2.75) is 57.8 Å². The third kappa shape index (κ3) is 3.81. The largest absolute Gasteiger partial charge is 0.296 e. The Morgan fingerprint density at radius 3 is 2.65 bits per heavy atom. The van der Waals surface area contributed by atoms with Crippen molar-refractivity contribution in [2.24, 2.45) is 23.2 Å². The number of rotatable bonds is 5. The van der Waals surface area contributed by atoms with E-state index < -0.39 is 10.1 Å². The minimum Gasteiger partial charge on any atom is -0.266 e. The minimum atomic E-state index is -3.69. The predicted molar refractivity (Wildman–Crippen MR) is 109 cm³/mol. The van der Waals surface area contributed by atoms with E-state index in [4.69, 9.17) is 4.18 Å². The van der Waals surface area contributed by atoms with E-state index in [1.165, 1.54) is 31.3 Å². The van der Waals surface area contributed by atoms with Gasteiger partial charge in [0.25, 0.3) is 10.1 Å². The maximum absolute atomic E-state index is 12.5. The molecule has 2 fully saturated rings. The number of allylic oxidation sites excluding steroid dienone is 1. The van der Waals surface area contributed by atoms with Crippen molar-refractivity contribution in [3.05, 3.63) is 40.4 Å². The molecule has 0 unspecified atom stereocenters. The first-order chi connectivity index (χ1) is 12.3. The zero-order valence-corrected chi connectivity index (χ0v) is 18.3. The number of aryl methyl sites for hydroxylation is 1. The molecule has 144 valence electrons. The lowest BCUT2D eigenvalue weighted by molar-refractivity contribution is 0.0762. The fraction of sp³-hybridized carbons (Fsp3) is 0.619. The first kappa shape index (κ1) is 20.1. The Labute approximate surface area is 166 Å². The normalized spacial score (nSPS) is 31.8. The second-order valence-electron chi connectivity index (χ2n) is 8.31. The molecule has 2 aliphatic rings. The van der Waals surface area contributed by atoms with E-state index in [1.807, 2.05) is 6.92 Å². The van der Waals surface area contributed by atoms with Gasteiger partial charge in [0.15, 0.2) is 0 Å². The molecule has 2 saturated carbocycles. The SMILES string of the molecule is Cc1ccc(S(=O)(=O)OC[C@@H](C)[C@H]2CC[C@H]3/C(=C/Br)CCC[C@]23C)cc1. The molecule has 5 heteroatoms. The van der Waals surface area contributed by atoms with E-state index in [0.29, 0.717) is 11.8 Å². The molecular formula is C21H29BrO3S. The van der Waals surface area contributed by atoms with Gasteiger partial charge in [-0.25, -0.2) is 0 Å². The summed E-state index contributed by atoms with van der Waals surface area (Å²) in [6, 6.07) is 6.85. The lowest BCUT2D eigenvalue weighted by Gasteiger charge is -2.44. The first-order valence-corrected chi connectivity index (χ1v) is 11.9. The van der Waals surface area contributed by atoms with Crippen molar-refractivity contribution in [1.29, 1.82) is 0 Å². The van der Waals surface area contributed by atoms with Gasteiger partial charge in [0.05, 0.1) is 11.5 Å². The molecule has 0 N–H and O–H groups in total. The number of hydrogen-bond donors (Lipinski definition) is 0. The van der Waals surface area contributed by atoms with Crippen molar-refractivity contribution in [3.63, 3.8) is 0 Å². The predicted octanol–water partition coefficient (Wildman–Crippen LogP) is 5.83. The highest BCUT2D eigenvalue weighted by atomic mass is 79.9. The second-order valence-corrected chi connectivity index (χ2v) is 10.4. The van der Waals surface area contributed by atoms with Gasteiger partial charge in [-0.05, 0) is 79.3 Å². The van der Waals surface area contributed by atoms with Crippen molar-refractivity contribution in [3.8, 4) is 0 Å². The molecule has 1 aromatic rings. The Kier molecular flexibility index (Phi) is 6.00. The number of fused-ring (bicyclic) bond motifs is 1. The molecule has 0 spiro atoms. The number of hydrogen-bond acceptors (Lipinski definition) is 3. The van der Waals surface area contributed by atoms with Crippen LogP contribution in [0.3, 0.4) is 0 Å². The third-order valence-electron chi connectivity index (χ3n) is 6.66. The smallest absolute Gasteiger partial charge is 0.266 e. The van der Waals surface area contributed by atoms with Gasteiger partial charge in [-0.1, -0.05) is 53.0 Å². The van der Waals surface area contributed by atoms with Crippen molar-refractivity contribution in [2.75, 3.05) is 6.61 Å². The summed E-state index contributed by atoms with van der Waals surface area (Å²) in [7, 11) is -3.69. The molecule has 3 nitrogen and oxygen atoms in total. The summed E-state index contributed by atoms with van der Waals surface area (Å²) in [6.45, 7) is 6.75. The topological polar surface area (TPSA) is 43.4 Å². The van der Waals surface area contributed by atoms with Gasteiger partial charge < -0.3 is 0 Å². The van der Waals surface area contributed by atoms with Crippen molar-refractivity contribution in [1.82, 2.24) is 0 Å². The Morgan fingerprint density at radius 2 is 2.00 bits per heavy atom. The van der Waals surface area contributed by atoms with Crippen LogP contribution in [0.4, 0.5) is 0 Å². The summed E-state index contributed by atoms with van der Waals surface area (Å²) in [4.78, 5) is 2.37. The maximum Gasteiger partial charge on any atom is 0.296 e. The van der Waals surface area contributed by atoms with Gasteiger partial charge in [0.2, 0.25) is 0 Å². The summed E-state index contributed by atoms with van der Waals surface area (Å²) in [6.07, 6.45) is 5.98. The molecule has 0 heterocycles. The molecule has 0 bridgehead atoms. The van der Waals surface area contributed by atoms with Crippen LogP contribution in [-0.4, -0.2) is 15.0 Å². The summed E-state index contributed by atoms with van der Waals surface area (Å²) in [5.74, 6) is 1.35. The zero-order chi connectivity index (χ0) is 18.9. The number of halogens is 1. The Hall–Kier alpha value is -0.650. The quantitative estimate of drug-likeness (QED) is 0.540. The van der Waals surface area contributed by atoms with Gasteiger partial charge in [-0.2, -0.15) is 8.42 Å². The molecule has 26 heavy (non-hydrogen) atoms. The fourth-order valence-corrected chi connectivity index (χ4v) is 6.78. The molecule has 0 radical (unpaired) electrons. The average Bonchev–Trinajstić information content (AvgIpc) is 2.97. The summed E-state index contributed by atoms with van der Waals surface area (Å²) < 4.78 is 30.4. The first-order valence-electron chi connectivity index (χ1n) is 9.53. The van der Waals surface area contributed by atoms with Crippen LogP contribution in [-0.2, 0) is 14.3 Å². The van der Waals surface area contributed by atoms with Crippen LogP contribution >= 0.6 is 15.9 Å². The van der Waals surface area contributed by atoms with Crippen LogP contribution in [0.25, 0.3) is 0 Å². The number of benzene rings is 1. The Balaban J connectivity index is 1.68. The van der Waals surface area contributed by atoms with E-state index in [9.17, 15) is 8.42 Å². The highest BCUT2D eigenvalue weighted by Gasteiger charge is 2.50. The van der Waals surface area contributed by atoms with E-state index in [-0.39, 0.29) is 22.8 Å². The van der Waals surface area contributed by atoms with E-state index in [1.54, 1.807) is 24.3 Å². The molecule has 0 saturated heterocycles. The molecule has 4 atom stereocenters. The minimum absolute atomic E-state index is 0.222. The van der Waals surface area contributed by atoms with Crippen LogP contribution in [0.15, 0.2) is 39.7 Å². The van der Waals surface area contributed by atoms with Crippen LogP contribution in [0, 0.1) is 30.1 Å². The van der Waals surface area contributed by atoms with E-state index >= 15 is 0 Å². The van der Waals surface area contributed by atoms with Gasteiger partial charge in [-0.3, -0.25) is 4.18 Å². The highest BCUT2D eigenvalue weighted by molar-refractivity contribution is 9.11. The molecule has 0 amide bonds. The molecule has 2 aliphatic carbocycles. The van der Waals surface area contributed by atoms with Gasteiger partial charge >= 0.3 is 0 Å². The van der Waals surface area contributed by atoms with Crippen molar-refractivity contribution >= 4 is 26.0 Å². The summed E-state index contributed by atoms with van der Waals surface area (Å²) >= 11 is 3.55. The Morgan fingerprint density at radius 1 is 1.31 bits per heavy atom. The second kappa shape index (κ2) is 7.76. The standard InChI is InChI=1S/C21H29BrO3S/c1-15-6-8-18(9-7-15)26(23,24)25-14-16(2)19-10-11-20-17(13-22)5-4-12-21(19,20)3/h6-9,13,16,19-20H,4-5,10-12,14H2,1-3H3/b17-13+/t16-,19-,20+,21-/m1/s1. The molecule has 1 aromatic carbocycles. The van der Waals surface area contributed by atoms with E-state index in [0.717, 1.165) is 12.0 Å². The highest BCUT2D eigenvalue weighted by Crippen LogP contribution is 2.59. The van der Waals surface area contributed by atoms with Gasteiger partial charge in [0.1, 0.15) is 0 Å². The average molecular weight is 441 g/mol. The molecular weight excluding hydrogens is 412 g/mol. The Bertz CT molecular complexity index is 769. The maximum atomic E-state index is 12.5. The van der Waals surface area contributed by atoms with Crippen LogP contribution < -0.4 is 0 Å². The van der Waals surface area contributed by atoms with Gasteiger partial charge in [0, 0.05) is 0 Å². The summed E-state index contributed by atoms with van der Waals surface area (Å²) in [5.41, 5.74) is 2.82. The van der Waals surface area contributed by atoms with E-state index in [2.05, 4.69) is 34.8 Å². The summed E-state index contributed by atoms with van der Waals surface area (Å²) in [5, 5.41) is 0. The van der Waals surface area contributed by atoms with Crippen LogP contribution in [0.2, 0.25) is 0 Å². The zero-order valence-electron chi connectivity index (χ0n) is 15.9. The van der Waals surface area contributed by atoms with Crippen LogP contribution in [0.5, 0.6) is 0 Å². The lowest BCUT2D eigenvalue weighted by atomic mass is 9.61. The molecule has 3 rings (SSSR count). The molecule has 0 aliphatic heterocycles. The van der Waals surface area contributed by atoms with Crippen LogP contribution in [0.1, 0.15) is 51.5 Å². The third-order valence-corrected chi connectivity index (χ3v) is 8.54. The van der Waals surface area contributed by atoms with Crippen molar-refractivity contribution < 1.29 is 12.6 Å². The fourth-order valence-electron chi connectivity index (χ4n) is 5.23.